The molecule has 0 spiro atoms. The third-order valence-electron chi connectivity index (χ3n) is 2.55. The summed E-state index contributed by atoms with van der Waals surface area (Å²) >= 11 is 1.68. The van der Waals surface area contributed by atoms with Gasteiger partial charge >= 0.3 is 6.03 Å². The summed E-state index contributed by atoms with van der Waals surface area (Å²) in [5.41, 5.74) is 1.03. The van der Waals surface area contributed by atoms with Crippen LogP contribution in [0.25, 0.3) is 0 Å². The van der Waals surface area contributed by atoms with Crippen LogP contribution in [0.5, 0.6) is 0 Å². The van der Waals surface area contributed by atoms with Crippen LogP contribution in [0.15, 0.2) is 29.2 Å². The first-order valence-electron chi connectivity index (χ1n) is 4.86. The van der Waals surface area contributed by atoms with E-state index in [1.807, 2.05) is 36.7 Å². The number of thioether (sulfide) groups is 1. The Balaban J connectivity index is 2.14. The summed E-state index contributed by atoms with van der Waals surface area (Å²) in [6.45, 7) is 0.411. The van der Waals surface area contributed by atoms with Gasteiger partial charge in [0.25, 0.3) is 0 Å². The zero-order chi connectivity index (χ0) is 11.5. The van der Waals surface area contributed by atoms with E-state index in [4.69, 9.17) is 5.26 Å². The molecule has 1 fully saturated rings. The summed E-state index contributed by atoms with van der Waals surface area (Å²) in [5, 5.41) is 11.5. The van der Waals surface area contributed by atoms with Crippen LogP contribution in [0.1, 0.15) is 11.6 Å². The Kier molecular flexibility index (Phi) is 3.02. The second kappa shape index (κ2) is 4.45. The average molecular weight is 233 g/mol. The van der Waals surface area contributed by atoms with Crippen molar-refractivity contribution in [1.82, 2.24) is 10.2 Å². The molecule has 0 bridgehead atoms. The third kappa shape index (κ3) is 1.97. The molecule has 1 aliphatic rings. The maximum Gasteiger partial charge on any atom is 0.331 e. The van der Waals surface area contributed by atoms with E-state index in [9.17, 15) is 4.79 Å². The van der Waals surface area contributed by atoms with Gasteiger partial charge in [-0.1, -0.05) is 12.1 Å². The molecule has 1 atom stereocenters. The number of hydrogen-bond donors (Lipinski definition) is 1. The zero-order valence-corrected chi connectivity index (χ0v) is 9.62. The number of nitriles is 1. The van der Waals surface area contributed by atoms with Crippen molar-refractivity contribution in [2.24, 2.45) is 0 Å². The Hall–Kier alpha value is -1.67. The smallest absolute Gasteiger partial charge is 0.328 e. The van der Waals surface area contributed by atoms with E-state index >= 15 is 0 Å². The third-order valence-corrected chi connectivity index (χ3v) is 3.29. The molecule has 1 N–H and O–H groups in total. The molecular formula is C11H11N3OS. The SMILES string of the molecule is CSc1ccc(C2CN(C#N)C(=O)N2)cc1. The van der Waals surface area contributed by atoms with Gasteiger partial charge in [0.2, 0.25) is 0 Å². The maximum atomic E-state index is 11.3. The number of rotatable bonds is 2. The summed E-state index contributed by atoms with van der Waals surface area (Å²) in [6, 6.07) is 7.60. The maximum absolute atomic E-state index is 11.3. The lowest BCUT2D eigenvalue weighted by molar-refractivity contribution is 0.232. The number of benzene rings is 1. The number of nitrogens with zero attached hydrogens (tertiary/aromatic N) is 2. The highest BCUT2D eigenvalue weighted by Gasteiger charge is 2.29. The molecule has 4 nitrogen and oxygen atoms in total. The molecule has 1 heterocycles. The summed E-state index contributed by atoms with van der Waals surface area (Å²) in [6.07, 6.45) is 3.87. The van der Waals surface area contributed by atoms with Gasteiger partial charge in [-0.25, -0.2) is 9.69 Å². The van der Waals surface area contributed by atoms with Crippen molar-refractivity contribution in [3.63, 3.8) is 0 Å². The quantitative estimate of drug-likeness (QED) is 0.627. The van der Waals surface area contributed by atoms with Crippen molar-refractivity contribution >= 4 is 17.8 Å². The van der Waals surface area contributed by atoms with Gasteiger partial charge in [-0.05, 0) is 24.0 Å². The van der Waals surface area contributed by atoms with Crippen molar-refractivity contribution < 1.29 is 4.79 Å². The molecule has 1 aromatic carbocycles. The number of hydrogen-bond acceptors (Lipinski definition) is 3. The van der Waals surface area contributed by atoms with Crippen LogP contribution < -0.4 is 5.32 Å². The van der Waals surface area contributed by atoms with Crippen LogP contribution >= 0.6 is 11.8 Å². The average Bonchev–Trinajstić information content (AvgIpc) is 2.71. The Morgan fingerprint density at radius 2 is 2.19 bits per heavy atom. The fourth-order valence-electron chi connectivity index (χ4n) is 1.65. The molecule has 0 radical (unpaired) electrons. The van der Waals surface area contributed by atoms with Crippen LogP contribution in [0.3, 0.4) is 0 Å². The molecule has 0 aliphatic carbocycles. The van der Waals surface area contributed by atoms with Crippen molar-refractivity contribution in [1.29, 1.82) is 5.26 Å². The summed E-state index contributed by atoms with van der Waals surface area (Å²) in [7, 11) is 0. The van der Waals surface area contributed by atoms with Crippen LogP contribution in [0.4, 0.5) is 4.79 Å². The summed E-state index contributed by atoms with van der Waals surface area (Å²) in [5.74, 6) is 0. The minimum Gasteiger partial charge on any atom is -0.328 e. The van der Waals surface area contributed by atoms with Gasteiger partial charge in [0.1, 0.15) is 0 Å². The van der Waals surface area contributed by atoms with Gasteiger partial charge in [-0.3, -0.25) is 0 Å². The number of carbonyl (C=O) groups is 1. The number of amides is 2. The lowest BCUT2D eigenvalue weighted by Crippen LogP contribution is -2.23. The normalized spacial score (nSPS) is 19.4. The van der Waals surface area contributed by atoms with E-state index in [-0.39, 0.29) is 12.1 Å². The highest BCUT2D eigenvalue weighted by Crippen LogP contribution is 2.22. The van der Waals surface area contributed by atoms with Gasteiger partial charge in [0.05, 0.1) is 12.6 Å². The van der Waals surface area contributed by atoms with Crippen molar-refractivity contribution in [3.05, 3.63) is 29.8 Å². The summed E-state index contributed by atoms with van der Waals surface area (Å²) in [4.78, 5) is 13.6. The highest BCUT2D eigenvalue weighted by atomic mass is 32.2. The molecule has 0 saturated carbocycles. The number of carbonyl (C=O) groups excluding carboxylic acids is 1. The topological polar surface area (TPSA) is 56.1 Å². The van der Waals surface area contributed by atoms with Crippen LogP contribution in [0, 0.1) is 11.5 Å². The second-order valence-electron chi connectivity index (χ2n) is 3.49. The van der Waals surface area contributed by atoms with Gasteiger partial charge in [-0.2, -0.15) is 5.26 Å². The molecule has 82 valence electrons. The lowest BCUT2D eigenvalue weighted by atomic mass is 10.1. The fourth-order valence-corrected chi connectivity index (χ4v) is 2.06. The lowest BCUT2D eigenvalue weighted by Gasteiger charge is -2.09. The van der Waals surface area contributed by atoms with E-state index in [0.717, 1.165) is 10.5 Å². The zero-order valence-electron chi connectivity index (χ0n) is 8.80. The van der Waals surface area contributed by atoms with Crippen molar-refractivity contribution in [3.8, 4) is 6.19 Å². The van der Waals surface area contributed by atoms with Crippen molar-refractivity contribution in [2.45, 2.75) is 10.9 Å². The molecule has 1 unspecified atom stereocenters. The molecule has 2 amide bonds. The first kappa shape index (κ1) is 10.8. The Labute approximate surface area is 98.2 Å². The van der Waals surface area contributed by atoms with E-state index in [1.165, 1.54) is 4.90 Å². The summed E-state index contributed by atoms with van der Waals surface area (Å²) < 4.78 is 0. The van der Waals surface area contributed by atoms with Gasteiger partial charge in [0, 0.05) is 4.90 Å². The standard InChI is InChI=1S/C11H11N3OS/c1-16-9-4-2-8(3-5-9)10-6-14(7-12)11(15)13-10/h2-5,10H,6H2,1H3,(H,13,15). The highest BCUT2D eigenvalue weighted by molar-refractivity contribution is 7.98. The van der Waals surface area contributed by atoms with Gasteiger partial charge in [-0.15, -0.1) is 11.8 Å². The monoisotopic (exact) mass is 233 g/mol. The molecule has 5 heteroatoms. The number of nitrogens with one attached hydrogen (secondary N) is 1. The molecule has 0 aromatic heterocycles. The Bertz CT molecular complexity index is 438. The van der Waals surface area contributed by atoms with E-state index in [0.29, 0.717) is 6.54 Å². The van der Waals surface area contributed by atoms with Crippen molar-refractivity contribution in [2.75, 3.05) is 12.8 Å². The first-order chi connectivity index (χ1) is 7.74. The second-order valence-corrected chi connectivity index (χ2v) is 4.37. The number of urea groups is 1. The molecule has 2 rings (SSSR count). The van der Waals surface area contributed by atoms with E-state index in [1.54, 1.807) is 11.8 Å². The minimum absolute atomic E-state index is 0.0805. The van der Waals surface area contributed by atoms with Gasteiger partial charge in [0.15, 0.2) is 6.19 Å². The van der Waals surface area contributed by atoms with Gasteiger partial charge < -0.3 is 5.32 Å². The largest absolute Gasteiger partial charge is 0.331 e. The predicted molar refractivity (Wildman–Crippen MR) is 61.8 cm³/mol. The van der Waals surface area contributed by atoms with Crippen LogP contribution in [0.2, 0.25) is 0 Å². The minimum atomic E-state index is -0.318. The van der Waals surface area contributed by atoms with E-state index in [2.05, 4.69) is 5.32 Å². The Morgan fingerprint density at radius 1 is 1.50 bits per heavy atom. The van der Waals surface area contributed by atoms with Crippen LogP contribution in [-0.2, 0) is 0 Å². The molecule has 1 saturated heterocycles. The molecule has 1 aromatic rings. The first-order valence-corrected chi connectivity index (χ1v) is 6.09. The molecule has 1 aliphatic heterocycles. The van der Waals surface area contributed by atoms with Crippen LogP contribution in [-0.4, -0.2) is 23.7 Å². The molecule has 16 heavy (non-hydrogen) atoms. The molecular weight excluding hydrogens is 222 g/mol. The predicted octanol–water partition coefficient (Wildman–Crippen LogP) is 1.96. The van der Waals surface area contributed by atoms with E-state index < -0.39 is 0 Å². The Morgan fingerprint density at radius 3 is 2.69 bits per heavy atom. The fraction of sp³-hybridized carbons (Fsp3) is 0.273.